The van der Waals surface area contributed by atoms with E-state index in [4.69, 9.17) is 14.6 Å². The van der Waals surface area contributed by atoms with Crippen LogP contribution in [0.3, 0.4) is 0 Å². The number of unbranched alkanes of at least 4 members (excludes halogenated alkanes) is 3. The molecular formula is C15H18O4. The van der Waals surface area contributed by atoms with Crippen LogP contribution in [-0.2, 0) is 9.53 Å². The van der Waals surface area contributed by atoms with Gasteiger partial charge in [-0.15, -0.1) is 0 Å². The van der Waals surface area contributed by atoms with E-state index in [1.165, 1.54) is 12.1 Å². The van der Waals surface area contributed by atoms with Gasteiger partial charge in [0.1, 0.15) is 0 Å². The molecular weight excluding hydrogens is 244 g/mol. The maximum atomic E-state index is 10.7. The molecule has 0 fully saturated rings. The highest BCUT2D eigenvalue weighted by atomic mass is 16.5. The first-order valence-corrected chi connectivity index (χ1v) is 6.27. The highest BCUT2D eigenvalue weighted by Crippen LogP contribution is 2.11. The van der Waals surface area contributed by atoms with E-state index in [9.17, 15) is 4.79 Å². The number of rotatable bonds is 9. The van der Waals surface area contributed by atoms with Crippen molar-refractivity contribution in [2.45, 2.75) is 25.7 Å². The Balaban J connectivity index is 1.95. The summed E-state index contributed by atoms with van der Waals surface area (Å²) >= 11 is 0. The second-order valence-corrected chi connectivity index (χ2v) is 3.97. The second kappa shape index (κ2) is 8.87. The van der Waals surface area contributed by atoms with Crippen LogP contribution in [0.15, 0.2) is 24.8 Å². The van der Waals surface area contributed by atoms with Gasteiger partial charge in [-0.1, -0.05) is 6.58 Å². The predicted molar refractivity (Wildman–Crippen MR) is 70.9 cm³/mol. The van der Waals surface area contributed by atoms with E-state index in [2.05, 4.69) is 18.7 Å². The van der Waals surface area contributed by atoms with E-state index in [-0.39, 0.29) is 11.7 Å². The molecule has 0 bridgehead atoms. The van der Waals surface area contributed by atoms with Crippen molar-refractivity contribution in [2.24, 2.45) is 0 Å². The van der Waals surface area contributed by atoms with Crippen molar-refractivity contribution in [1.29, 1.82) is 0 Å². The van der Waals surface area contributed by atoms with E-state index in [0.29, 0.717) is 19.0 Å². The molecule has 0 aliphatic rings. The predicted octanol–water partition coefficient (Wildman–Crippen LogP) is 2.66. The van der Waals surface area contributed by atoms with Crippen LogP contribution in [0, 0.1) is 12.1 Å². The molecule has 0 heterocycles. The van der Waals surface area contributed by atoms with Gasteiger partial charge in [0.05, 0.1) is 13.2 Å². The van der Waals surface area contributed by atoms with Gasteiger partial charge < -0.3 is 14.6 Å². The third-order valence-corrected chi connectivity index (χ3v) is 2.41. The van der Waals surface area contributed by atoms with Gasteiger partial charge in [0.25, 0.3) is 0 Å². The van der Waals surface area contributed by atoms with Crippen LogP contribution in [-0.4, -0.2) is 24.3 Å². The molecule has 1 rings (SSSR count). The summed E-state index contributed by atoms with van der Waals surface area (Å²) in [6.07, 6.45) is 4.93. The number of hydrogen-bond donors (Lipinski definition) is 1. The maximum Gasteiger partial charge on any atom is 0.330 e. The third-order valence-electron chi connectivity index (χ3n) is 2.41. The van der Waals surface area contributed by atoms with Gasteiger partial charge >= 0.3 is 5.97 Å². The monoisotopic (exact) mass is 262 g/mol. The molecule has 4 heteroatoms. The lowest BCUT2D eigenvalue weighted by atomic mass is 10.2. The summed E-state index contributed by atoms with van der Waals surface area (Å²) < 4.78 is 10.3. The van der Waals surface area contributed by atoms with E-state index in [0.717, 1.165) is 25.7 Å². The minimum atomic E-state index is -0.373. The average Bonchev–Trinajstić information content (AvgIpc) is 2.43. The molecule has 0 aliphatic heterocycles. The zero-order chi connectivity index (χ0) is 13.9. The Morgan fingerprint density at radius 2 is 1.95 bits per heavy atom. The minimum absolute atomic E-state index is 0.0569. The number of aromatic hydroxyl groups is 1. The first-order chi connectivity index (χ1) is 9.22. The summed E-state index contributed by atoms with van der Waals surface area (Å²) in [4.78, 5) is 10.7. The summed E-state index contributed by atoms with van der Waals surface area (Å²) in [5.74, 6) is 0.265. The number of carbonyl (C=O) groups excluding carboxylic acids is 1. The molecule has 0 radical (unpaired) electrons. The van der Waals surface area contributed by atoms with Gasteiger partial charge in [0.15, 0.2) is 11.5 Å². The lowest BCUT2D eigenvalue weighted by Gasteiger charge is -2.04. The first-order valence-electron chi connectivity index (χ1n) is 6.27. The summed E-state index contributed by atoms with van der Waals surface area (Å²) in [6, 6.07) is 8.40. The SMILES string of the molecule is C=CC(=O)OCCCCCCOc1c#cc(O)cc1. The fourth-order valence-corrected chi connectivity index (χ4v) is 1.42. The summed E-state index contributed by atoms with van der Waals surface area (Å²) in [7, 11) is 0. The van der Waals surface area contributed by atoms with Crippen molar-refractivity contribution in [3.05, 3.63) is 36.9 Å². The van der Waals surface area contributed by atoms with Crippen molar-refractivity contribution >= 4 is 5.97 Å². The van der Waals surface area contributed by atoms with Gasteiger partial charge in [0.2, 0.25) is 0 Å². The van der Waals surface area contributed by atoms with Crippen molar-refractivity contribution < 1.29 is 19.4 Å². The van der Waals surface area contributed by atoms with Gasteiger partial charge in [-0.2, -0.15) is 0 Å². The molecule has 1 aromatic carbocycles. The quantitative estimate of drug-likeness (QED) is 0.422. The number of hydrogen-bond acceptors (Lipinski definition) is 4. The molecule has 19 heavy (non-hydrogen) atoms. The van der Waals surface area contributed by atoms with Gasteiger partial charge in [-0.05, 0) is 49.9 Å². The van der Waals surface area contributed by atoms with Crippen LogP contribution in [0.2, 0.25) is 0 Å². The van der Waals surface area contributed by atoms with Crippen LogP contribution >= 0.6 is 0 Å². The fraction of sp³-hybridized carbons (Fsp3) is 0.400. The molecule has 0 atom stereocenters. The molecule has 0 aliphatic carbocycles. The largest absolute Gasteiger partial charge is 0.501 e. The molecule has 0 aromatic heterocycles. The molecule has 0 saturated heterocycles. The van der Waals surface area contributed by atoms with Gasteiger partial charge in [0, 0.05) is 6.08 Å². The first kappa shape index (κ1) is 14.9. The Bertz CT molecular complexity index is 384. The van der Waals surface area contributed by atoms with E-state index in [1.54, 1.807) is 6.07 Å². The zero-order valence-corrected chi connectivity index (χ0v) is 10.9. The van der Waals surface area contributed by atoms with Crippen molar-refractivity contribution in [1.82, 2.24) is 0 Å². The molecule has 4 nitrogen and oxygen atoms in total. The average molecular weight is 262 g/mol. The van der Waals surface area contributed by atoms with Crippen molar-refractivity contribution in [2.75, 3.05) is 13.2 Å². The third kappa shape index (κ3) is 6.99. The van der Waals surface area contributed by atoms with Crippen LogP contribution in [0.1, 0.15) is 25.7 Å². The molecule has 1 N–H and O–H groups in total. The molecule has 0 amide bonds. The maximum absolute atomic E-state index is 10.7. The number of carbonyl (C=O) groups is 1. The summed E-state index contributed by atoms with van der Waals surface area (Å²) in [5.41, 5.74) is 0. The second-order valence-electron chi connectivity index (χ2n) is 3.97. The number of ether oxygens (including phenoxy) is 2. The van der Waals surface area contributed by atoms with Crippen LogP contribution in [0.5, 0.6) is 11.5 Å². The number of esters is 1. The minimum Gasteiger partial charge on any atom is -0.501 e. The Hall–Kier alpha value is -2.15. The molecule has 0 spiro atoms. The standard InChI is InChI=1S/C15H18O4/c1-2-15(17)19-12-6-4-3-5-11-18-14-9-7-13(16)8-10-14/h2,7,9,16H,1,3-6,11-12H2. The lowest BCUT2D eigenvalue weighted by Crippen LogP contribution is -2.02. The highest BCUT2D eigenvalue weighted by molar-refractivity contribution is 5.81. The molecule has 0 unspecified atom stereocenters. The topological polar surface area (TPSA) is 55.8 Å². The fourth-order valence-electron chi connectivity index (χ4n) is 1.42. The normalized spacial score (nSPS) is 9.47. The Kier molecular flexibility index (Phi) is 6.96. The Labute approximate surface area is 113 Å². The van der Waals surface area contributed by atoms with Gasteiger partial charge in [-0.3, -0.25) is 0 Å². The Morgan fingerprint density at radius 3 is 2.58 bits per heavy atom. The van der Waals surface area contributed by atoms with E-state index >= 15 is 0 Å². The molecule has 102 valence electrons. The Morgan fingerprint density at radius 1 is 1.21 bits per heavy atom. The van der Waals surface area contributed by atoms with Crippen molar-refractivity contribution in [3.8, 4) is 11.5 Å². The summed E-state index contributed by atoms with van der Waals surface area (Å²) in [5, 5.41) is 9.02. The zero-order valence-electron chi connectivity index (χ0n) is 10.9. The summed E-state index contributed by atoms with van der Waals surface area (Å²) in [6.45, 7) is 4.36. The van der Waals surface area contributed by atoms with Crippen LogP contribution in [0.25, 0.3) is 0 Å². The smallest absolute Gasteiger partial charge is 0.330 e. The van der Waals surface area contributed by atoms with Gasteiger partial charge in [-0.25, -0.2) is 4.79 Å². The highest BCUT2D eigenvalue weighted by Gasteiger charge is 1.96. The lowest BCUT2D eigenvalue weighted by molar-refractivity contribution is -0.137. The molecule has 1 aromatic rings. The van der Waals surface area contributed by atoms with E-state index in [1.807, 2.05) is 0 Å². The van der Waals surface area contributed by atoms with Crippen LogP contribution in [0.4, 0.5) is 0 Å². The van der Waals surface area contributed by atoms with Crippen molar-refractivity contribution in [3.63, 3.8) is 0 Å². The van der Waals surface area contributed by atoms with Crippen LogP contribution < -0.4 is 4.74 Å². The van der Waals surface area contributed by atoms with E-state index < -0.39 is 0 Å². The molecule has 0 saturated carbocycles.